The van der Waals surface area contributed by atoms with Crippen molar-refractivity contribution in [2.45, 2.75) is 13.5 Å². The van der Waals surface area contributed by atoms with E-state index in [9.17, 15) is 14.7 Å². The molecular weight excluding hydrogens is 228 g/mol. The summed E-state index contributed by atoms with van der Waals surface area (Å²) in [5.41, 5.74) is 0.829. The summed E-state index contributed by atoms with van der Waals surface area (Å²) in [6.45, 7) is 1.54. The van der Waals surface area contributed by atoms with Gasteiger partial charge in [0, 0.05) is 16.5 Å². The van der Waals surface area contributed by atoms with Gasteiger partial charge in [0.15, 0.2) is 11.5 Å². The number of ketones is 2. The minimum Gasteiger partial charge on any atom is -0.492 e. The molecule has 1 aliphatic rings. The largest absolute Gasteiger partial charge is 0.492 e. The average molecular weight is 238 g/mol. The van der Waals surface area contributed by atoms with E-state index in [0.717, 1.165) is 4.88 Å². The lowest BCUT2D eigenvalue weighted by atomic mass is 9.97. The van der Waals surface area contributed by atoms with Gasteiger partial charge in [0.1, 0.15) is 0 Å². The van der Waals surface area contributed by atoms with Crippen LogP contribution in [0.2, 0.25) is 0 Å². The minimum absolute atomic E-state index is 0.0324. The van der Waals surface area contributed by atoms with Crippen molar-refractivity contribution >= 4 is 22.9 Å². The Balaban J connectivity index is 2.66. The van der Waals surface area contributed by atoms with Gasteiger partial charge in [-0.2, -0.15) is 0 Å². The number of allylic oxidation sites excluding steroid dienone is 2. The predicted molar refractivity (Wildman–Crippen MR) is 58.7 cm³/mol. The van der Waals surface area contributed by atoms with Crippen LogP contribution in [0.3, 0.4) is 0 Å². The molecule has 0 unspecified atom stereocenters. The summed E-state index contributed by atoms with van der Waals surface area (Å²) < 4.78 is 4.85. The first-order chi connectivity index (χ1) is 7.60. The number of Topliss-reactive ketones (excluding diaryl/α,β-unsaturated/α-hetero) is 1. The second-order valence-corrected chi connectivity index (χ2v) is 4.63. The molecule has 0 aliphatic heterocycles. The van der Waals surface area contributed by atoms with Gasteiger partial charge in [-0.1, -0.05) is 0 Å². The van der Waals surface area contributed by atoms with Crippen molar-refractivity contribution in [1.82, 2.24) is 0 Å². The van der Waals surface area contributed by atoms with E-state index in [4.69, 9.17) is 4.74 Å². The zero-order valence-corrected chi connectivity index (χ0v) is 9.68. The van der Waals surface area contributed by atoms with Gasteiger partial charge in [-0.25, -0.2) is 0 Å². The quantitative estimate of drug-likeness (QED) is 0.847. The van der Waals surface area contributed by atoms with Gasteiger partial charge in [-0.15, -0.1) is 11.3 Å². The van der Waals surface area contributed by atoms with Crippen LogP contribution in [0, 0.1) is 6.92 Å². The Morgan fingerprint density at radius 2 is 2.12 bits per heavy atom. The Labute approximate surface area is 96.2 Å². The average Bonchev–Trinajstić information content (AvgIpc) is 2.61. The van der Waals surface area contributed by atoms with Crippen LogP contribution in [0.5, 0.6) is 0 Å². The zero-order valence-electron chi connectivity index (χ0n) is 8.86. The summed E-state index contributed by atoms with van der Waals surface area (Å²) in [5, 5.41) is 9.21. The highest BCUT2D eigenvalue weighted by Gasteiger charge is 2.31. The van der Waals surface area contributed by atoms with Gasteiger partial charge >= 0.3 is 0 Å². The first kappa shape index (κ1) is 11.0. The molecule has 1 heterocycles. The first-order valence-electron chi connectivity index (χ1n) is 4.68. The molecule has 1 aromatic rings. The van der Waals surface area contributed by atoms with Gasteiger partial charge < -0.3 is 9.84 Å². The molecule has 0 saturated heterocycles. The zero-order chi connectivity index (χ0) is 11.9. The van der Waals surface area contributed by atoms with Gasteiger partial charge in [-0.05, 0) is 6.92 Å². The van der Waals surface area contributed by atoms with Crippen LogP contribution in [0.1, 0.15) is 30.5 Å². The van der Waals surface area contributed by atoms with Crippen molar-refractivity contribution in [3.8, 4) is 0 Å². The lowest BCUT2D eigenvalue weighted by Crippen LogP contribution is -2.17. The monoisotopic (exact) mass is 238 g/mol. The summed E-state index contributed by atoms with van der Waals surface area (Å²) in [5.74, 6) is -0.533. The number of aliphatic hydroxyl groups excluding tert-OH is 1. The van der Waals surface area contributed by atoms with Crippen LogP contribution in [-0.2, 0) is 11.3 Å². The number of aliphatic hydroxyl groups is 1. The molecule has 0 spiro atoms. The number of aryl methyl sites for hydroxylation is 1. The van der Waals surface area contributed by atoms with E-state index < -0.39 is 0 Å². The fraction of sp³-hybridized carbons (Fsp3) is 0.273. The smallest absolute Gasteiger partial charge is 0.229 e. The Kier molecular flexibility index (Phi) is 2.65. The Bertz CT molecular complexity index is 510. The number of hydrogen-bond acceptors (Lipinski definition) is 5. The van der Waals surface area contributed by atoms with E-state index in [1.807, 2.05) is 0 Å². The highest BCUT2D eigenvalue weighted by atomic mass is 32.1. The van der Waals surface area contributed by atoms with E-state index in [0.29, 0.717) is 16.0 Å². The van der Waals surface area contributed by atoms with E-state index in [1.165, 1.54) is 24.5 Å². The van der Waals surface area contributed by atoms with Crippen LogP contribution in [-0.4, -0.2) is 23.8 Å². The SMILES string of the molecule is COC1=CC(=O)c2sc(C)c(CO)c2C1=O. The Morgan fingerprint density at radius 3 is 2.69 bits per heavy atom. The molecule has 0 fully saturated rings. The summed E-state index contributed by atoms with van der Waals surface area (Å²) in [6, 6.07) is 0. The molecular formula is C11H10O4S. The Morgan fingerprint density at radius 1 is 1.44 bits per heavy atom. The molecule has 2 rings (SSSR count). The van der Waals surface area contributed by atoms with Gasteiger partial charge in [-0.3, -0.25) is 9.59 Å². The fourth-order valence-corrected chi connectivity index (χ4v) is 2.78. The molecule has 1 aliphatic carbocycles. The molecule has 0 radical (unpaired) electrons. The van der Waals surface area contributed by atoms with Crippen LogP contribution >= 0.6 is 11.3 Å². The molecule has 4 nitrogen and oxygen atoms in total. The second kappa shape index (κ2) is 3.84. The van der Waals surface area contributed by atoms with E-state index in [-0.39, 0.29) is 23.9 Å². The van der Waals surface area contributed by atoms with E-state index in [2.05, 4.69) is 0 Å². The third kappa shape index (κ3) is 1.40. The predicted octanol–water partition coefficient (Wildman–Crippen LogP) is 1.46. The molecule has 16 heavy (non-hydrogen) atoms. The lowest BCUT2D eigenvalue weighted by molar-refractivity contribution is 0.0916. The molecule has 0 atom stereocenters. The summed E-state index contributed by atoms with van der Waals surface area (Å²) in [4.78, 5) is 24.8. The van der Waals surface area contributed by atoms with Crippen molar-refractivity contribution < 1.29 is 19.4 Å². The van der Waals surface area contributed by atoms with Crippen LogP contribution in [0.4, 0.5) is 0 Å². The Hall–Kier alpha value is -1.46. The molecule has 84 valence electrons. The number of carbonyl (C=O) groups is 2. The number of hydrogen-bond donors (Lipinski definition) is 1. The number of methoxy groups -OCH3 is 1. The van der Waals surface area contributed by atoms with Crippen molar-refractivity contribution in [2.75, 3.05) is 7.11 Å². The number of rotatable bonds is 2. The number of ether oxygens (including phenoxy) is 1. The third-order valence-electron chi connectivity index (χ3n) is 2.52. The first-order valence-corrected chi connectivity index (χ1v) is 5.49. The fourth-order valence-electron chi connectivity index (χ4n) is 1.71. The maximum Gasteiger partial charge on any atom is 0.229 e. The summed E-state index contributed by atoms with van der Waals surface area (Å²) in [6.07, 6.45) is 1.20. The molecule has 1 N–H and O–H groups in total. The normalized spacial score (nSPS) is 14.8. The standard InChI is InChI=1S/C11H10O4S/c1-5-6(4-12)9-10(14)8(15-2)3-7(13)11(9)16-5/h3,12H,4H2,1-2H3. The maximum absolute atomic E-state index is 11.9. The van der Waals surface area contributed by atoms with Crippen LogP contribution < -0.4 is 0 Å². The van der Waals surface area contributed by atoms with Gasteiger partial charge in [0.05, 0.1) is 24.2 Å². The van der Waals surface area contributed by atoms with Gasteiger partial charge in [0.2, 0.25) is 5.78 Å². The molecule has 0 saturated carbocycles. The van der Waals surface area contributed by atoms with Crippen LogP contribution in [0.25, 0.3) is 0 Å². The van der Waals surface area contributed by atoms with Crippen molar-refractivity contribution in [3.05, 3.63) is 32.7 Å². The van der Waals surface area contributed by atoms with Crippen LogP contribution in [0.15, 0.2) is 11.8 Å². The molecule has 0 aromatic carbocycles. The van der Waals surface area contributed by atoms with Crippen molar-refractivity contribution in [1.29, 1.82) is 0 Å². The van der Waals surface area contributed by atoms with E-state index in [1.54, 1.807) is 6.92 Å². The lowest BCUT2D eigenvalue weighted by Gasteiger charge is -2.11. The highest BCUT2D eigenvalue weighted by Crippen LogP contribution is 2.33. The maximum atomic E-state index is 11.9. The van der Waals surface area contributed by atoms with E-state index >= 15 is 0 Å². The third-order valence-corrected chi connectivity index (χ3v) is 3.69. The van der Waals surface area contributed by atoms with Gasteiger partial charge in [0.25, 0.3) is 0 Å². The van der Waals surface area contributed by atoms with Crippen molar-refractivity contribution in [2.24, 2.45) is 0 Å². The summed E-state index contributed by atoms with van der Waals surface area (Å²) in [7, 11) is 1.35. The molecule has 0 bridgehead atoms. The second-order valence-electron chi connectivity index (χ2n) is 3.41. The molecule has 1 aromatic heterocycles. The number of thiophene rings is 1. The molecule has 5 heteroatoms. The topological polar surface area (TPSA) is 63.6 Å². The number of fused-ring (bicyclic) bond motifs is 1. The minimum atomic E-state index is -0.328. The summed E-state index contributed by atoms with van der Waals surface area (Å²) >= 11 is 1.24. The van der Waals surface area contributed by atoms with Crippen molar-refractivity contribution in [3.63, 3.8) is 0 Å². The molecule has 0 amide bonds. The highest BCUT2D eigenvalue weighted by molar-refractivity contribution is 7.14. The number of carbonyl (C=O) groups excluding carboxylic acids is 2.